The van der Waals surface area contributed by atoms with E-state index in [1.165, 1.54) is 50.9 Å². The number of fused-ring (bicyclic) bond motifs is 1. The third-order valence-electron chi connectivity index (χ3n) is 6.07. The maximum atomic E-state index is 14.3. The van der Waals surface area contributed by atoms with Gasteiger partial charge in [0, 0.05) is 34.0 Å². The monoisotopic (exact) mass is 596 g/mol. The van der Waals surface area contributed by atoms with E-state index in [4.69, 9.17) is 28.0 Å². The zero-order valence-corrected chi connectivity index (χ0v) is 23.5. The summed E-state index contributed by atoms with van der Waals surface area (Å²) >= 11 is 8.77. The fraction of sp³-hybridized carbons (Fsp3) is 0.143. The van der Waals surface area contributed by atoms with Crippen LogP contribution < -0.4 is 4.74 Å². The molecule has 0 unspecified atom stereocenters. The van der Waals surface area contributed by atoms with Crippen molar-refractivity contribution in [3.8, 4) is 27.4 Å². The summed E-state index contributed by atoms with van der Waals surface area (Å²) in [7, 11) is -4.11. The second-order valence-electron chi connectivity index (χ2n) is 8.55. The van der Waals surface area contributed by atoms with Gasteiger partial charge in [-0.3, -0.25) is 4.79 Å². The Hall–Kier alpha value is -3.62. The Morgan fingerprint density at radius 2 is 1.85 bits per heavy atom. The Kier molecular flexibility index (Phi) is 7.77. The molecule has 1 N–H and O–H groups in total. The molecule has 0 atom stereocenters. The van der Waals surface area contributed by atoms with Crippen LogP contribution in [-0.4, -0.2) is 30.1 Å². The topological polar surface area (TPSA) is 90.0 Å². The molecule has 0 bridgehead atoms. The lowest BCUT2D eigenvalue weighted by Gasteiger charge is -2.13. The van der Waals surface area contributed by atoms with Crippen molar-refractivity contribution in [3.05, 3.63) is 87.9 Å². The van der Waals surface area contributed by atoms with Gasteiger partial charge in [-0.25, -0.2) is 17.2 Å². The quantitative estimate of drug-likeness (QED) is 0.130. The smallest absolute Gasteiger partial charge is 0.303 e. The van der Waals surface area contributed by atoms with Crippen molar-refractivity contribution >= 4 is 66.2 Å². The molecule has 0 amide bonds. The van der Waals surface area contributed by atoms with E-state index in [1.54, 1.807) is 12.1 Å². The van der Waals surface area contributed by atoms with Gasteiger partial charge in [0.25, 0.3) is 10.0 Å². The number of hydrogen-bond donors (Lipinski definition) is 1. The van der Waals surface area contributed by atoms with Crippen molar-refractivity contribution in [2.45, 2.75) is 24.2 Å². The van der Waals surface area contributed by atoms with Gasteiger partial charge in [-0.05, 0) is 66.1 Å². The molecule has 3 heterocycles. The Morgan fingerprint density at radius 3 is 2.54 bits per heavy atom. The summed E-state index contributed by atoms with van der Waals surface area (Å²) in [4.78, 5) is 15.3. The summed E-state index contributed by atoms with van der Waals surface area (Å²) in [6.07, 6.45) is 1.08. The van der Waals surface area contributed by atoms with E-state index < -0.39 is 16.0 Å². The summed E-state index contributed by atoms with van der Waals surface area (Å²) in [6, 6.07) is 16.8. The maximum absolute atomic E-state index is 14.3. The van der Waals surface area contributed by atoms with E-state index in [9.17, 15) is 13.2 Å². The summed E-state index contributed by atoms with van der Waals surface area (Å²) in [5.41, 5.74) is 2.20. The predicted octanol–water partition coefficient (Wildman–Crippen LogP) is 8.17. The van der Waals surface area contributed by atoms with Crippen molar-refractivity contribution in [3.63, 3.8) is 0 Å². The molecule has 11 heteroatoms. The molecule has 0 fully saturated rings. The number of carboxylic acids is 1. The minimum absolute atomic E-state index is 0.0577. The van der Waals surface area contributed by atoms with Gasteiger partial charge in [0.1, 0.15) is 5.75 Å². The van der Waals surface area contributed by atoms with Crippen LogP contribution in [0, 0.1) is 6.57 Å². The van der Waals surface area contributed by atoms with Crippen LogP contribution in [0.3, 0.4) is 0 Å². The minimum Gasteiger partial charge on any atom is -0.494 e. The zero-order valence-electron chi connectivity index (χ0n) is 20.3. The summed E-state index contributed by atoms with van der Waals surface area (Å²) in [5, 5.41) is 14.1. The molecular weight excluding hydrogens is 576 g/mol. The van der Waals surface area contributed by atoms with Crippen molar-refractivity contribution in [1.29, 1.82) is 0 Å². The summed E-state index contributed by atoms with van der Waals surface area (Å²) in [6.45, 7) is 7.99. The fourth-order valence-corrected chi connectivity index (χ4v) is 7.51. The molecule has 0 spiro atoms. The van der Waals surface area contributed by atoms with Gasteiger partial charge < -0.3 is 9.84 Å². The Morgan fingerprint density at radius 1 is 1.05 bits per heavy atom. The average molecular weight is 597 g/mol. The third kappa shape index (κ3) is 5.31. The van der Waals surface area contributed by atoms with E-state index in [1.807, 2.05) is 35.0 Å². The maximum Gasteiger partial charge on any atom is 0.303 e. The standard InChI is InChI=1S/C28H21ClN2O5S3/c1-30-28-22(13-16-38-28)26-21-12-9-19(36-14-3-2-6-25(32)33)17-23(21)31(27(26)24-5-4-15-37-24)39(34,35)20-10-7-18(29)8-11-20/h4-5,7-13,15-17H,2-3,6,14H2,(H,32,33). The van der Waals surface area contributed by atoms with Crippen LogP contribution >= 0.6 is 34.3 Å². The van der Waals surface area contributed by atoms with E-state index in [0.29, 0.717) is 62.9 Å². The second kappa shape index (κ2) is 11.2. The van der Waals surface area contributed by atoms with Crippen LogP contribution in [0.2, 0.25) is 5.02 Å². The number of rotatable bonds is 10. The van der Waals surface area contributed by atoms with Gasteiger partial charge >= 0.3 is 5.97 Å². The highest BCUT2D eigenvalue weighted by molar-refractivity contribution is 7.90. The molecule has 0 saturated carbocycles. The molecule has 0 aliphatic rings. The molecule has 2 aromatic carbocycles. The number of unbranched alkanes of at least 4 members (excludes halogenated alkanes) is 1. The van der Waals surface area contributed by atoms with Gasteiger partial charge in [0.2, 0.25) is 5.00 Å². The number of aromatic nitrogens is 1. The van der Waals surface area contributed by atoms with E-state index in [-0.39, 0.29) is 11.3 Å². The minimum atomic E-state index is -4.11. The Labute approximate surface area is 238 Å². The number of thiophene rings is 2. The lowest BCUT2D eigenvalue weighted by molar-refractivity contribution is -0.137. The Bertz CT molecular complexity index is 1800. The molecule has 0 radical (unpaired) electrons. The van der Waals surface area contributed by atoms with Crippen molar-refractivity contribution < 1.29 is 23.1 Å². The van der Waals surface area contributed by atoms with E-state index in [2.05, 4.69) is 4.85 Å². The number of benzene rings is 2. The van der Waals surface area contributed by atoms with Crippen molar-refractivity contribution in [2.24, 2.45) is 0 Å². The molecule has 39 heavy (non-hydrogen) atoms. The van der Waals surface area contributed by atoms with Gasteiger partial charge in [-0.15, -0.1) is 11.3 Å². The fourth-order valence-electron chi connectivity index (χ4n) is 4.35. The number of ether oxygens (including phenoxy) is 1. The van der Waals surface area contributed by atoms with Gasteiger partial charge in [0.05, 0.1) is 34.2 Å². The van der Waals surface area contributed by atoms with Crippen LogP contribution in [0.25, 0.3) is 37.4 Å². The zero-order chi connectivity index (χ0) is 27.6. The van der Waals surface area contributed by atoms with Crippen molar-refractivity contribution in [2.75, 3.05) is 6.61 Å². The second-order valence-corrected chi connectivity index (χ2v) is 12.6. The molecule has 7 nitrogen and oxygen atoms in total. The number of hydrogen-bond acceptors (Lipinski definition) is 6. The van der Waals surface area contributed by atoms with Gasteiger partial charge in [-0.2, -0.15) is 11.3 Å². The SMILES string of the molecule is [C-]#[N+]c1sccc1-c1c(-c2cccs2)n(S(=O)(=O)c2ccc(Cl)cc2)c2cc(OCCCCC(=O)O)ccc12. The summed E-state index contributed by atoms with van der Waals surface area (Å²) in [5.74, 6) is -0.398. The lowest BCUT2D eigenvalue weighted by atomic mass is 10.0. The first-order valence-electron chi connectivity index (χ1n) is 11.8. The molecule has 198 valence electrons. The van der Waals surface area contributed by atoms with Crippen LogP contribution in [0.15, 0.2) is 76.3 Å². The van der Waals surface area contributed by atoms with E-state index in [0.717, 1.165) is 4.88 Å². The van der Waals surface area contributed by atoms with Crippen LogP contribution in [-0.2, 0) is 14.8 Å². The first-order chi connectivity index (χ1) is 18.8. The lowest BCUT2D eigenvalue weighted by Crippen LogP contribution is -2.14. The molecule has 3 aromatic heterocycles. The summed E-state index contributed by atoms with van der Waals surface area (Å²) < 4.78 is 35.7. The molecule has 0 saturated heterocycles. The average Bonchev–Trinajstić information content (AvgIpc) is 3.66. The van der Waals surface area contributed by atoms with Crippen LogP contribution in [0.5, 0.6) is 5.75 Å². The molecular formula is C28H21ClN2O5S3. The highest BCUT2D eigenvalue weighted by atomic mass is 35.5. The molecule has 0 aliphatic heterocycles. The van der Waals surface area contributed by atoms with E-state index >= 15 is 0 Å². The number of aliphatic carboxylic acids is 1. The van der Waals surface area contributed by atoms with Gasteiger partial charge in [0.15, 0.2) is 0 Å². The predicted molar refractivity (Wildman–Crippen MR) is 156 cm³/mol. The Balaban J connectivity index is 1.75. The number of carboxylic acid groups (broad SMARTS) is 1. The van der Waals surface area contributed by atoms with Gasteiger partial charge in [-0.1, -0.05) is 23.7 Å². The number of carbonyl (C=O) groups is 1. The largest absolute Gasteiger partial charge is 0.494 e. The highest BCUT2D eigenvalue weighted by Crippen LogP contribution is 2.49. The van der Waals surface area contributed by atoms with Crippen molar-refractivity contribution in [1.82, 2.24) is 3.97 Å². The third-order valence-corrected chi connectivity index (χ3v) is 9.74. The number of halogens is 1. The first-order valence-corrected chi connectivity index (χ1v) is 15.4. The first kappa shape index (κ1) is 27.0. The molecule has 0 aliphatic carbocycles. The molecule has 5 rings (SSSR count). The molecule has 5 aromatic rings. The number of nitrogens with zero attached hydrogens (tertiary/aromatic N) is 2. The van der Waals surface area contributed by atoms with Crippen LogP contribution in [0.1, 0.15) is 19.3 Å². The highest BCUT2D eigenvalue weighted by Gasteiger charge is 2.30. The van der Waals surface area contributed by atoms with Crippen LogP contribution in [0.4, 0.5) is 5.00 Å². The normalized spacial score (nSPS) is 11.5.